The first kappa shape index (κ1) is 6.74. The average molecular weight is 130 g/mol. The molecule has 9 heavy (non-hydrogen) atoms. The van der Waals surface area contributed by atoms with Crippen LogP contribution in [0.25, 0.3) is 0 Å². The van der Waals surface area contributed by atoms with Crippen molar-refractivity contribution in [2.75, 3.05) is 6.61 Å². The van der Waals surface area contributed by atoms with Crippen LogP contribution in [0, 0.1) is 0 Å². The number of aliphatic hydroxyl groups is 2. The zero-order chi connectivity index (χ0) is 6.91. The molecule has 1 aliphatic heterocycles. The lowest BCUT2D eigenvalue weighted by Crippen LogP contribution is -2.32. The molecule has 3 heteroatoms. The maximum Gasteiger partial charge on any atom is 0.299 e. The topological polar surface area (TPSA) is 49.7 Å². The van der Waals surface area contributed by atoms with Crippen molar-refractivity contribution in [2.24, 2.45) is 0 Å². The van der Waals surface area contributed by atoms with E-state index in [1.807, 2.05) is 6.92 Å². The Balaban J connectivity index is 2.68. The smallest absolute Gasteiger partial charge is 0.299 e. The van der Waals surface area contributed by atoms with Crippen LogP contribution in [0.15, 0.2) is 11.6 Å². The SMILES string of the molecule is CC1=CC(O)(O)OCC1. The summed E-state index contributed by atoms with van der Waals surface area (Å²) in [5.41, 5.74) is 0.950. The molecule has 52 valence electrons. The first-order chi connectivity index (χ1) is 4.10. The average Bonchev–Trinajstić information content (AvgIpc) is 1.60. The first-order valence-electron chi connectivity index (χ1n) is 2.87. The molecule has 0 saturated carbocycles. The molecule has 0 aliphatic carbocycles. The van der Waals surface area contributed by atoms with E-state index >= 15 is 0 Å². The third-order valence-corrected chi connectivity index (χ3v) is 1.25. The van der Waals surface area contributed by atoms with E-state index in [-0.39, 0.29) is 0 Å². The van der Waals surface area contributed by atoms with Crippen LogP contribution in [0.3, 0.4) is 0 Å². The molecule has 0 radical (unpaired) electrons. The minimum atomic E-state index is -2.01. The van der Waals surface area contributed by atoms with Crippen molar-refractivity contribution in [1.29, 1.82) is 0 Å². The largest absolute Gasteiger partial charge is 0.340 e. The molecule has 0 atom stereocenters. The second-order valence-electron chi connectivity index (χ2n) is 2.25. The predicted octanol–water partition coefficient (Wildman–Crippen LogP) is -0.00860. The fourth-order valence-electron chi connectivity index (χ4n) is 0.797. The predicted molar refractivity (Wildman–Crippen MR) is 31.5 cm³/mol. The van der Waals surface area contributed by atoms with Crippen LogP contribution in [0.2, 0.25) is 0 Å². The Bertz CT molecular complexity index is 137. The molecule has 0 aromatic rings. The normalized spacial score (nSPS) is 25.4. The van der Waals surface area contributed by atoms with E-state index in [1.54, 1.807) is 0 Å². The Hall–Kier alpha value is -0.380. The summed E-state index contributed by atoms with van der Waals surface area (Å²) in [5.74, 6) is -2.01. The number of hydrogen-bond acceptors (Lipinski definition) is 3. The highest BCUT2D eigenvalue weighted by molar-refractivity contribution is 5.04. The molecule has 0 fully saturated rings. The van der Waals surface area contributed by atoms with Crippen molar-refractivity contribution in [3.8, 4) is 0 Å². The second-order valence-corrected chi connectivity index (χ2v) is 2.25. The van der Waals surface area contributed by atoms with E-state index in [4.69, 9.17) is 10.2 Å². The second kappa shape index (κ2) is 2.10. The molecule has 1 heterocycles. The van der Waals surface area contributed by atoms with E-state index in [0.29, 0.717) is 6.61 Å². The Labute approximate surface area is 53.6 Å². The summed E-state index contributed by atoms with van der Waals surface area (Å²) in [6.45, 7) is 2.22. The standard InChI is InChI=1S/C6H10O3/c1-5-2-3-9-6(7,8)4-5/h4,7-8H,2-3H2,1H3. The first-order valence-corrected chi connectivity index (χ1v) is 2.87. The molecule has 0 amide bonds. The van der Waals surface area contributed by atoms with E-state index in [2.05, 4.69) is 4.74 Å². The Morgan fingerprint density at radius 1 is 1.67 bits per heavy atom. The lowest BCUT2D eigenvalue weighted by molar-refractivity contribution is -0.307. The van der Waals surface area contributed by atoms with Crippen LogP contribution in [-0.2, 0) is 4.74 Å². The van der Waals surface area contributed by atoms with Gasteiger partial charge in [-0.2, -0.15) is 0 Å². The number of hydrogen-bond donors (Lipinski definition) is 2. The van der Waals surface area contributed by atoms with Gasteiger partial charge < -0.3 is 14.9 Å². The van der Waals surface area contributed by atoms with Gasteiger partial charge in [-0.25, -0.2) is 0 Å². The summed E-state index contributed by atoms with van der Waals surface area (Å²) in [5, 5.41) is 17.6. The highest BCUT2D eigenvalue weighted by atomic mass is 16.8. The fraction of sp³-hybridized carbons (Fsp3) is 0.667. The Morgan fingerprint density at radius 3 is 2.67 bits per heavy atom. The van der Waals surface area contributed by atoms with Gasteiger partial charge in [0.1, 0.15) is 0 Å². The van der Waals surface area contributed by atoms with Gasteiger partial charge in [-0.15, -0.1) is 0 Å². The van der Waals surface area contributed by atoms with E-state index in [1.165, 1.54) is 6.08 Å². The summed E-state index contributed by atoms with van der Waals surface area (Å²) in [6, 6.07) is 0. The van der Waals surface area contributed by atoms with Crippen LogP contribution in [-0.4, -0.2) is 22.8 Å². The Kier molecular flexibility index (Phi) is 1.57. The zero-order valence-electron chi connectivity index (χ0n) is 5.29. The minimum absolute atomic E-state index is 0.384. The van der Waals surface area contributed by atoms with Gasteiger partial charge in [0.25, 0.3) is 5.97 Å². The molecule has 0 aromatic heterocycles. The fourth-order valence-corrected chi connectivity index (χ4v) is 0.797. The summed E-state index contributed by atoms with van der Waals surface area (Å²) >= 11 is 0. The van der Waals surface area contributed by atoms with E-state index in [0.717, 1.165) is 12.0 Å². The molecule has 0 saturated heterocycles. The highest BCUT2D eigenvalue weighted by Gasteiger charge is 2.23. The summed E-state index contributed by atoms with van der Waals surface area (Å²) in [6.07, 6.45) is 2.08. The summed E-state index contributed by atoms with van der Waals surface area (Å²) < 4.78 is 4.57. The third-order valence-electron chi connectivity index (χ3n) is 1.25. The van der Waals surface area contributed by atoms with Gasteiger partial charge in [0.05, 0.1) is 6.61 Å². The van der Waals surface area contributed by atoms with E-state index < -0.39 is 5.97 Å². The zero-order valence-corrected chi connectivity index (χ0v) is 5.29. The van der Waals surface area contributed by atoms with Crippen LogP contribution in [0.4, 0.5) is 0 Å². The molecule has 1 rings (SSSR count). The lowest BCUT2D eigenvalue weighted by atomic mass is 10.2. The molecule has 2 N–H and O–H groups in total. The summed E-state index contributed by atoms with van der Waals surface area (Å²) in [4.78, 5) is 0. The quantitative estimate of drug-likeness (QED) is 0.358. The summed E-state index contributed by atoms with van der Waals surface area (Å²) in [7, 11) is 0. The molecule has 0 unspecified atom stereocenters. The van der Waals surface area contributed by atoms with Crippen molar-refractivity contribution in [3.63, 3.8) is 0 Å². The van der Waals surface area contributed by atoms with Crippen LogP contribution in [0.1, 0.15) is 13.3 Å². The van der Waals surface area contributed by atoms with Gasteiger partial charge in [0.15, 0.2) is 0 Å². The highest BCUT2D eigenvalue weighted by Crippen LogP contribution is 2.16. The van der Waals surface area contributed by atoms with Crippen LogP contribution in [0.5, 0.6) is 0 Å². The maximum absolute atomic E-state index is 8.80. The van der Waals surface area contributed by atoms with Crippen molar-refractivity contribution in [3.05, 3.63) is 11.6 Å². The molecule has 0 spiro atoms. The molecule has 0 bridgehead atoms. The van der Waals surface area contributed by atoms with Crippen LogP contribution < -0.4 is 0 Å². The van der Waals surface area contributed by atoms with Gasteiger partial charge in [-0.3, -0.25) is 0 Å². The van der Waals surface area contributed by atoms with Gasteiger partial charge in [-0.05, 0) is 13.3 Å². The van der Waals surface area contributed by atoms with Gasteiger partial charge in [0, 0.05) is 6.08 Å². The Morgan fingerprint density at radius 2 is 2.33 bits per heavy atom. The van der Waals surface area contributed by atoms with Crippen LogP contribution >= 0.6 is 0 Å². The van der Waals surface area contributed by atoms with Gasteiger partial charge >= 0.3 is 0 Å². The maximum atomic E-state index is 8.80. The third kappa shape index (κ3) is 1.78. The molecule has 3 nitrogen and oxygen atoms in total. The van der Waals surface area contributed by atoms with Crippen molar-refractivity contribution in [1.82, 2.24) is 0 Å². The van der Waals surface area contributed by atoms with Crippen molar-refractivity contribution in [2.45, 2.75) is 19.3 Å². The van der Waals surface area contributed by atoms with Crippen molar-refractivity contribution >= 4 is 0 Å². The van der Waals surface area contributed by atoms with Crippen molar-refractivity contribution < 1.29 is 14.9 Å². The molecular weight excluding hydrogens is 120 g/mol. The minimum Gasteiger partial charge on any atom is -0.340 e. The molecule has 1 aliphatic rings. The van der Waals surface area contributed by atoms with Gasteiger partial charge in [0.2, 0.25) is 0 Å². The van der Waals surface area contributed by atoms with Gasteiger partial charge in [-0.1, -0.05) is 5.57 Å². The number of ether oxygens (including phenoxy) is 1. The van der Waals surface area contributed by atoms with E-state index in [9.17, 15) is 0 Å². The molecule has 0 aromatic carbocycles. The number of rotatable bonds is 0. The lowest BCUT2D eigenvalue weighted by Gasteiger charge is -2.23. The monoisotopic (exact) mass is 130 g/mol. The molecular formula is C6H10O3.